The van der Waals surface area contributed by atoms with E-state index in [-0.39, 0.29) is 0 Å². The Labute approximate surface area is 173 Å². The zero-order valence-corrected chi connectivity index (χ0v) is 19.3. The van der Waals surface area contributed by atoms with Crippen LogP contribution in [0, 0.1) is 0 Å². The summed E-state index contributed by atoms with van der Waals surface area (Å²) in [6, 6.07) is 1.11. The van der Waals surface area contributed by atoms with Crippen molar-refractivity contribution in [2.45, 2.75) is 78.3 Å². The Hall–Kier alpha value is -1.46. The minimum absolute atomic E-state index is 0.530. The van der Waals surface area contributed by atoms with Crippen molar-refractivity contribution in [1.82, 2.24) is 19.6 Å². The maximum atomic E-state index is 4.58. The van der Waals surface area contributed by atoms with Crippen molar-refractivity contribution in [3.8, 4) is 0 Å². The Balaban J connectivity index is 1.68. The molecule has 0 aromatic carbocycles. The molecule has 2 heterocycles. The highest BCUT2D eigenvalue weighted by molar-refractivity contribution is 5.82. The third-order valence-electron chi connectivity index (χ3n) is 6.19. The molecule has 2 rings (SSSR count). The molecule has 0 spiro atoms. The van der Waals surface area contributed by atoms with E-state index >= 15 is 0 Å². The van der Waals surface area contributed by atoms with Gasteiger partial charge in [0.1, 0.15) is 0 Å². The summed E-state index contributed by atoms with van der Waals surface area (Å²) in [4.78, 5) is 19.0. The number of aliphatic imine (C=N–C) groups is 2. The number of nitrogens with zero attached hydrogens (tertiary/aromatic N) is 6. The third-order valence-corrected chi connectivity index (χ3v) is 6.19. The van der Waals surface area contributed by atoms with Crippen LogP contribution in [-0.4, -0.2) is 97.0 Å². The number of guanidine groups is 2. The fraction of sp³-hybridized carbons (Fsp3) is 0.909. The molecule has 6 heteroatoms. The van der Waals surface area contributed by atoms with Crippen molar-refractivity contribution in [2.24, 2.45) is 9.98 Å². The summed E-state index contributed by atoms with van der Waals surface area (Å²) in [5.74, 6) is 2.41. The van der Waals surface area contributed by atoms with E-state index in [0.717, 1.165) is 39.3 Å². The first-order chi connectivity index (χ1) is 13.5. The fourth-order valence-corrected chi connectivity index (χ4v) is 4.52. The molecule has 0 aliphatic carbocycles. The maximum Gasteiger partial charge on any atom is 0.196 e. The van der Waals surface area contributed by atoms with Gasteiger partial charge in [-0.25, -0.2) is 0 Å². The molecule has 0 saturated carbocycles. The quantitative estimate of drug-likeness (QED) is 0.505. The van der Waals surface area contributed by atoms with Crippen LogP contribution in [-0.2, 0) is 0 Å². The lowest BCUT2D eigenvalue weighted by Gasteiger charge is -2.30. The van der Waals surface area contributed by atoms with E-state index in [0.29, 0.717) is 12.1 Å². The van der Waals surface area contributed by atoms with Gasteiger partial charge in [0.05, 0.1) is 0 Å². The number of hydrogen-bond donors (Lipinski definition) is 0. The van der Waals surface area contributed by atoms with E-state index in [1.807, 2.05) is 14.1 Å². The second kappa shape index (κ2) is 11.5. The summed E-state index contributed by atoms with van der Waals surface area (Å²) in [6.07, 6.45) is 7.62. The van der Waals surface area contributed by atoms with Gasteiger partial charge in [-0.1, -0.05) is 26.2 Å². The first-order valence-corrected chi connectivity index (χ1v) is 11.5. The first-order valence-electron chi connectivity index (χ1n) is 11.5. The Morgan fingerprint density at radius 3 is 1.93 bits per heavy atom. The molecule has 2 aliphatic rings. The van der Waals surface area contributed by atoms with Gasteiger partial charge in [0.2, 0.25) is 0 Å². The lowest BCUT2D eigenvalue weighted by molar-refractivity contribution is 0.328. The van der Waals surface area contributed by atoms with Crippen LogP contribution in [0.4, 0.5) is 0 Å². The Kier molecular flexibility index (Phi) is 9.39. The van der Waals surface area contributed by atoms with Crippen molar-refractivity contribution >= 4 is 11.9 Å². The van der Waals surface area contributed by atoms with Crippen molar-refractivity contribution in [3.63, 3.8) is 0 Å². The molecule has 6 nitrogen and oxygen atoms in total. The first kappa shape index (κ1) is 22.8. The SMILES string of the molecule is CCCCN1CCN(CCCCCC(C)N2CCN(C(C)C)C2=NC)C1=NC. The number of hydrogen-bond acceptors (Lipinski definition) is 2. The largest absolute Gasteiger partial charge is 0.341 e. The molecular formula is C22H44N6. The van der Waals surface area contributed by atoms with Gasteiger partial charge in [0.25, 0.3) is 0 Å². The average molecular weight is 393 g/mol. The van der Waals surface area contributed by atoms with E-state index < -0.39 is 0 Å². The second-order valence-electron chi connectivity index (χ2n) is 8.55. The molecule has 0 radical (unpaired) electrons. The van der Waals surface area contributed by atoms with Gasteiger partial charge in [0, 0.05) is 65.4 Å². The van der Waals surface area contributed by atoms with Crippen LogP contribution < -0.4 is 0 Å². The Morgan fingerprint density at radius 1 is 0.750 bits per heavy atom. The van der Waals surface area contributed by atoms with Crippen LogP contribution in [0.25, 0.3) is 0 Å². The van der Waals surface area contributed by atoms with E-state index in [1.54, 1.807) is 0 Å². The highest BCUT2D eigenvalue weighted by atomic mass is 15.4. The lowest BCUT2D eigenvalue weighted by atomic mass is 10.1. The molecule has 0 aromatic rings. The molecule has 2 saturated heterocycles. The monoisotopic (exact) mass is 392 g/mol. The zero-order valence-electron chi connectivity index (χ0n) is 19.3. The minimum Gasteiger partial charge on any atom is -0.341 e. The van der Waals surface area contributed by atoms with Crippen LogP contribution in [0.15, 0.2) is 9.98 Å². The van der Waals surface area contributed by atoms with E-state index in [9.17, 15) is 0 Å². The molecule has 28 heavy (non-hydrogen) atoms. The van der Waals surface area contributed by atoms with Gasteiger partial charge in [-0.15, -0.1) is 0 Å². The van der Waals surface area contributed by atoms with Gasteiger partial charge in [-0.2, -0.15) is 0 Å². The number of unbranched alkanes of at least 4 members (excludes halogenated alkanes) is 3. The van der Waals surface area contributed by atoms with Gasteiger partial charge < -0.3 is 19.6 Å². The predicted molar refractivity (Wildman–Crippen MR) is 121 cm³/mol. The summed E-state index contributed by atoms with van der Waals surface area (Å²) >= 11 is 0. The van der Waals surface area contributed by atoms with Gasteiger partial charge in [-0.05, 0) is 40.0 Å². The van der Waals surface area contributed by atoms with Gasteiger partial charge in [-0.3, -0.25) is 9.98 Å². The standard InChI is InChI=1S/C22H44N6/c1-7-8-13-25-15-16-26(21(25)23-5)14-11-9-10-12-20(4)28-18-17-27(19(2)3)22(28)24-6/h19-20H,7-18H2,1-6H3. The Morgan fingerprint density at radius 2 is 1.36 bits per heavy atom. The van der Waals surface area contributed by atoms with Crippen molar-refractivity contribution in [1.29, 1.82) is 0 Å². The molecule has 162 valence electrons. The lowest BCUT2D eigenvalue weighted by Crippen LogP contribution is -2.41. The van der Waals surface area contributed by atoms with E-state index in [1.165, 1.54) is 50.4 Å². The van der Waals surface area contributed by atoms with Crippen molar-refractivity contribution < 1.29 is 0 Å². The van der Waals surface area contributed by atoms with Crippen molar-refractivity contribution in [3.05, 3.63) is 0 Å². The topological polar surface area (TPSA) is 37.7 Å². The molecule has 1 unspecified atom stereocenters. The summed E-state index contributed by atoms with van der Waals surface area (Å²) in [5.41, 5.74) is 0. The summed E-state index contributed by atoms with van der Waals surface area (Å²) in [5, 5.41) is 0. The third kappa shape index (κ3) is 5.77. The highest BCUT2D eigenvalue weighted by Gasteiger charge is 2.30. The van der Waals surface area contributed by atoms with Crippen LogP contribution in [0.5, 0.6) is 0 Å². The van der Waals surface area contributed by atoms with Gasteiger partial charge >= 0.3 is 0 Å². The van der Waals surface area contributed by atoms with Crippen molar-refractivity contribution in [2.75, 3.05) is 53.4 Å². The molecule has 2 fully saturated rings. The molecule has 0 N–H and O–H groups in total. The summed E-state index contributed by atoms with van der Waals surface area (Å²) in [6.45, 7) is 16.0. The molecular weight excluding hydrogens is 348 g/mol. The van der Waals surface area contributed by atoms with Crippen LogP contribution >= 0.6 is 0 Å². The summed E-state index contributed by atoms with van der Waals surface area (Å²) < 4.78 is 0. The van der Waals surface area contributed by atoms with E-state index in [2.05, 4.69) is 57.3 Å². The maximum absolute atomic E-state index is 4.58. The zero-order chi connectivity index (χ0) is 20.5. The molecule has 1 atom stereocenters. The fourth-order valence-electron chi connectivity index (χ4n) is 4.52. The van der Waals surface area contributed by atoms with Crippen LogP contribution in [0.2, 0.25) is 0 Å². The molecule has 2 aliphatic heterocycles. The van der Waals surface area contributed by atoms with Crippen LogP contribution in [0.3, 0.4) is 0 Å². The summed E-state index contributed by atoms with van der Waals surface area (Å²) in [7, 11) is 3.88. The van der Waals surface area contributed by atoms with Crippen LogP contribution in [0.1, 0.15) is 66.2 Å². The molecule has 0 bridgehead atoms. The number of rotatable bonds is 11. The minimum atomic E-state index is 0.530. The normalized spacial score (nSPS) is 21.8. The van der Waals surface area contributed by atoms with E-state index in [4.69, 9.17) is 0 Å². The smallest absolute Gasteiger partial charge is 0.196 e. The molecule has 0 amide bonds. The van der Waals surface area contributed by atoms with Gasteiger partial charge in [0.15, 0.2) is 11.9 Å². The molecule has 0 aromatic heterocycles. The Bertz CT molecular complexity index is 515. The average Bonchev–Trinajstić information content (AvgIpc) is 3.29. The highest BCUT2D eigenvalue weighted by Crippen LogP contribution is 2.19. The second-order valence-corrected chi connectivity index (χ2v) is 8.55. The predicted octanol–water partition coefficient (Wildman–Crippen LogP) is 3.35.